The number of carbonyl (C=O) groups excluding carboxylic acids is 2. The van der Waals surface area contributed by atoms with E-state index in [0.29, 0.717) is 5.56 Å². The van der Waals surface area contributed by atoms with Gasteiger partial charge in [0.2, 0.25) is 0 Å². The minimum atomic E-state index is -1.03. The number of pyridine rings is 1. The second-order valence-electron chi connectivity index (χ2n) is 7.79. The van der Waals surface area contributed by atoms with E-state index in [2.05, 4.69) is 16.4 Å². The number of aryl methyl sites for hydroxylation is 1. The second kappa shape index (κ2) is 7.59. The highest BCUT2D eigenvalue weighted by molar-refractivity contribution is 6.06. The zero-order valence-electron chi connectivity index (χ0n) is 16.7. The van der Waals surface area contributed by atoms with E-state index < -0.39 is 23.5 Å². The summed E-state index contributed by atoms with van der Waals surface area (Å²) in [6, 6.07) is 9.60. The summed E-state index contributed by atoms with van der Waals surface area (Å²) in [5.74, 6) is -1.10. The van der Waals surface area contributed by atoms with Crippen LogP contribution in [0.25, 0.3) is 10.9 Å². The largest absolute Gasteiger partial charge is 0.449 e. The molecule has 0 bridgehead atoms. The lowest BCUT2D eigenvalue weighted by Gasteiger charge is -2.28. The van der Waals surface area contributed by atoms with Crippen LogP contribution in [-0.4, -0.2) is 28.5 Å². The number of nitriles is 1. The van der Waals surface area contributed by atoms with Gasteiger partial charge in [-0.3, -0.25) is 9.78 Å². The van der Waals surface area contributed by atoms with Gasteiger partial charge in [0.05, 0.1) is 17.1 Å². The number of nitrogens with zero attached hydrogens (tertiary/aromatic N) is 2. The number of esters is 1. The molecule has 1 aromatic carbocycles. The number of benzene rings is 1. The van der Waals surface area contributed by atoms with Crippen molar-refractivity contribution in [3.63, 3.8) is 0 Å². The van der Waals surface area contributed by atoms with Gasteiger partial charge < -0.3 is 10.1 Å². The van der Waals surface area contributed by atoms with Crippen molar-refractivity contribution in [2.24, 2.45) is 5.92 Å². The van der Waals surface area contributed by atoms with Gasteiger partial charge in [0, 0.05) is 11.1 Å². The minimum absolute atomic E-state index is 0.0863. The Morgan fingerprint density at radius 1 is 1.25 bits per heavy atom. The summed E-state index contributed by atoms with van der Waals surface area (Å²) in [4.78, 5) is 30.2. The van der Waals surface area contributed by atoms with Crippen LogP contribution in [0.5, 0.6) is 0 Å². The number of aromatic nitrogens is 1. The van der Waals surface area contributed by atoms with E-state index in [9.17, 15) is 14.9 Å². The van der Waals surface area contributed by atoms with Crippen LogP contribution in [0.2, 0.25) is 0 Å². The third kappa shape index (κ3) is 3.57. The maximum Gasteiger partial charge on any atom is 0.339 e. The van der Waals surface area contributed by atoms with Crippen LogP contribution >= 0.6 is 0 Å². The van der Waals surface area contributed by atoms with E-state index in [1.165, 1.54) is 6.92 Å². The lowest BCUT2D eigenvalue weighted by Crippen LogP contribution is -2.52. The molecule has 2 atom stereocenters. The van der Waals surface area contributed by atoms with E-state index in [1.54, 1.807) is 6.92 Å². The summed E-state index contributed by atoms with van der Waals surface area (Å²) in [6.45, 7) is 6.89. The van der Waals surface area contributed by atoms with Crippen molar-refractivity contribution >= 4 is 22.8 Å². The van der Waals surface area contributed by atoms with Gasteiger partial charge in [-0.1, -0.05) is 32.0 Å². The van der Waals surface area contributed by atoms with Crippen molar-refractivity contribution in [3.8, 4) is 6.07 Å². The molecule has 146 valence electrons. The van der Waals surface area contributed by atoms with Crippen LogP contribution in [0, 0.1) is 17.2 Å². The van der Waals surface area contributed by atoms with E-state index in [0.717, 1.165) is 41.4 Å². The molecule has 0 fully saturated rings. The van der Waals surface area contributed by atoms with Crippen molar-refractivity contribution < 1.29 is 14.3 Å². The van der Waals surface area contributed by atoms with Gasteiger partial charge in [0.25, 0.3) is 5.91 Å². The van der Waals surface area contributed by atoms with Crippen molar-refractivity contribution in [2.45, 2.75) is 58.6 Å². The Balaban J connectivity index is 1.86. The predicted molar refractivity (Wildman–Crippen MR) is 106 cm³/mol. The molecule has 1 aromatic heterocycles. The SMILES string of the molecule is CC(C)[C@@](C)(C#N)NC(=O)[C@H](C)OC(=O)c1c2c(nc3ccccc13)CCC2. The van der Waals surface area contributed by atoms with Gasteiger partial charge in [-0.2, -0.15) is 5.26 Å². The highest BCUT2D eigenvalue weighted by atomic mass is 16.5. The van der Waals surface area contributed by atoms with Gasteiger partial charge in [0.15, 0.2) is 6.10 Å². The number of amides is 1. The fourth-order valence-electron chi connectivity index (χ4n) is 3.38. The smallest absolute Gasteiger partial charge is 0.339 e. The Kier molecular flexibility index (Phi) is 5.37. The van der Waals surface area contributed by atoms with Gasteiger partial charge in [0.1, 0.15) is 5.54 Å². The Morgan fingerprint density at radius 3 is 2.64 bits per heavy atom. The maximum absolute atomic E-state index is 13.0. The maximum atomic E-state index is 13.0. The van der Waals surface area contributed by atoms with Crippen LogP contribution < -0.4 is 5.32 Å². The van der Waals surface area contributed by atoms with Crippen LogP contribution in [0.1, 0.15) is 55.7 Å². The highest BCUT2D eigenvalue weighted by Crippen LogP contribution is 2.30. The number of hydrogen-bond donors (Lipinski definition) is 1. The van der Waals surface area contributed by atoms with Crippen molar-refractivity contribution in [3.05, 3.63) is 41.1 Å². The molecule has 0 saturated heterocycles. The number of carbonyl (C=O) groups is 2. The third-order valence-electron chi connectivity index (χ3n) is 5.55. The molecule has 6 nitrogen and oxygen atoms in total. The number of hydrogen-bond acceptors (Lipinski definition) is 5. The first-order valence-electron chi connectivity index (χ1n) is 9.61. The molecule has 28 heavy (non-hydrogen) atoms. The lowest BCUT2D eigenvalue weighted by atomic mass is 9.90. The molecular weight excluding hydrogens is 354 g/mol. The van der Waals surface area contributed by atoms with E-state index >= 15 is 0 Å². The number of nitrogens with one attached hydrogen (secondary N) is 1. The molecule has 0 spiro atoms. The Labute approximate surface area is 164 Å². The number of ether oxygens (including phenoxy) is 1. The Bertz CT molecular complexity index is 977. The molecule has 0 unspecified atom stereocenters. The average Bonchev–Trinajstić information content (AvgIpc) is 3.13. The molecule has 1 heterocycles. The summed E-state index contributed by atoms with van der Waals surface area (Å²) >= 11 is 0. The standard InChI is InChI=1S/C22H25N3O3/c1-13(2)22(4,12-23)25-20(26)14(3)28-21(27)19-15-8-5-6-10-17(15)24-18-11-7-9-16(18)19/h5-6,8,10,13-14H,7,9,11H2,1-4H3,(H,25,26)/t14-,22+/m0/s1. The second-order valence-corrected chi connectivity index (χ2v) is 7.79. The van der Waals surface area contributed by atoms with Crippen LogP contribution in [-0.2, 0) is 22.4 Å². The third-order valence-corrected chi connectivity index (χ3v) is 5.55. The van der Waals surface area contributed by atoms with Crippen LogP contribution in [0.4, 0.5) is 0 Å². The highest BCUT2D eigenvalue weighted by Gasteiger charge is 2.33. The van der Waals surface area contributed by atoms with Crippen LogP contribution in [0.15, 0.2) is 24.3 Å². The molecule has 1 amide bonds. The summed E-state index contributed by atoms with van der Waals surface area (Å²) in [5, 5.41) is 12.8. The number of rotatable bonds is 5. The number of para-hydroxylation sites is 1. The fraction of sp³-hybridized carbons (Fsp3) is 0.455. The van der Waals surface area contributed by atoms with E-state index in [4.69, 9.17) is 4.74 Å². The predicted octanol–water partition coefficient (Wildman–Crippen LogP) is 3.32. The summed E-state index contributed by atoms with van der Waals surface area (Å²) in [6.07, 6.45) is 1.55. The first kappa shape index (κ1) is 19.8. The quantitative estimate of drug-likeness (QED) is 0.805. The topological polar surface area (TPSA) is 92.1 Å². The fourth-order valence-corrected chi connectivity index (χ4v) is 3.38. The average molecular weight is 379 g/mol. The lowest BCUT2D eigenvalue weighted by molar-refractivity contribution is -0.130. The van der Waals surface area contributed by atoms with Crippen LogP contribution in [0.3, 0.4) is 0 Å². The molecule has 1 N–H and O–H groups in total. The molecule has 3 rings (SSSR count). The van der Waals surface area contributed by atoms with E-state index in [1.807, 2.05) is 38.1 Å². The summed E-state index contributed by atoms with van der Waals surface area (Å²) < 4.78 is 5.51. The molecular formula is C22H25N3O3. The molecule has 2 aromatic rings. The first-order chi connectivity index (χ1) is 13.3. The zero-order valence-corrected chi connectivity index (χ0v) is 16.7. The Morgan fingerprint density at radius 2 is 1.96 bits per heavy atom. The first-order valence-corrected chi connectivity index (χ1v) is 9.61. The minimum Gasteiger partial charge on any atom is -0.449 e. The van der Waals surface area contributed by atoms with Crippen molar-refractivity contribution in [1.82, 2.24) is 10.3 Å². The number of fused-ring (bicyclic) bond motifs is 2. The molecule has 6 heteroatoms. The molecule has 0 saturated carbocycles. The molecule has 1 aliphatic carbocycles. The Hall–Kier alpha value is -2.94. The van der Waals surface area contributed by atoms with E-state index in [-0.39, 0.29) is 5.92 Å². The van der Waals surface area contributed by atoms with Gasteiger partial charge in [-0.05, 0) is 50.7 Å². The van der Waals surface area contributed by atoms with Gasteiger partial charge in [-0.15, -0.1) is 0 Å². The molecule has 0 aliphatic heterocycles. The normalized spacial score (nSPS) is 16.1. The van der Waals surface area contributed by atoms with Crippen molar-refractivity contribution in [1.29, 1.82) is 5.26 Å². The van der Waals surface area contributed by atoms with Crippen molar-refractivity contribution in [2.75, 3.05) is 0 Å². The molecule has 1 aliphatic rings. The van der Waals surface area contributed by atoms with Gasteiger partial charge in [-0.25, -0.2) is 4.79 Å². The summed E-state index contributed by atoms with van der Waals surface area (Å²) in [7, 11) is 0. The zero-order chi connectivity index (χ0) is 20.5. The molecule has 0 radical (unpaired) electrons. The monoisotopic (exact) mass is 379 g/mol. The summed E-state index contributed by atoms with van der Waals surface area (Å²) in [5.41, 5.74) is 2.08. The van der Waals surface area contributed by atoms with Gasteiger partial charge >= 0.3 is 5.97 Å².